The molecule has 0 unspecified atom stereocenters. The minimum Gasteiger partial charge on any atom is -0.478 e. The van der Waals surface area contributed by atoms with Crippen LogP contribution in [0.1, 0.15) is 35.2 Å². The third-order valence-electron chi connectivity index (χ3n) is 2.49. The van der Waals surface area contributed by atoms with E-state index in [-0.39, 0.29) is 11.3 Å². The SMILES string of the molecule is C=CCCC(=O)CCc1cccc(C(=O)O)c1. The first-order chi connectivity index (χ1) is 8.13. The highest BCUT2D eigenvalue weighted by Gasteiger charge is 2.05. The van der Waals surface area contributed by atoms with Crippen LogP contribution in [-0.4, -0.2) is 16.9 Å². The van der Waals surface area contributed by atoms with Crippen LogP contribution in [0.3, 0.4) is 0 Å². The molecule has 90 valence electrons. The van der Waals surface area contributed by atoms with Gasteiger partial charge in [-0.3, -0.25) is 4.79 Å². The summed E-state index contributed by atoms with van der Waals surface area (Å²) < 4.78 is 0. The second kappa shape index (κ2) is 6.63. The summed E-state index contributed by atoms with van der Waals surface area (Å²) in [5, 5.41) is 8.82. The number of carbonyl (C=O) groups excluding carboxylic acids is 1. The van der Waals surface area contributed by atoms with E-state index in [1.54, 1.807) is 24.3 Å². The molecule has 0 saturated heterocycles. The largest absolute Gasteiger partial charge is 0.478 e. The molecular weight excluding hydrogens is 216 g/mol. The average molecular weight is 232 g/mol. The van der Waals surface area contributed by atoms with Crippen LogP contribution in [0.15, 0.2) is 36.9 Å². The van der Waals surface area contributed by atoms with Gasteiger partial charge in [-0.05, 0) is 30.5 Å². The number of rotatable bonds is 7. The first kappa shape index (κ1) is 13.2. The van der Waals surface area contributed by atoms with Crippen molar-refractivity contribution < 1.29 is 14.7 Å². The molecule has 0 amide bonds. The number of allylic oxidation sites excluding steroid dienone is 1. The van der Waals surface area contributed by atoms with Gasteiger partial charge in [0.15, 0.2) is 0 Å². The smallest absolute Gasteiger partial charge is 0.335 e. The van der Waals surface area contributed by atoms with E-state index in [0.717, 1.165) is 5.56 Å². The average Bonchev–Trinajstić information content (AvgIpc) is 2.34. The monoisotopic (exact) mass is 232 g/mol. The maximum Gasteiger partial charge on any atom is 0.335 e. The molecule has 1 rings (SSSR count). The second-order valence-corrected chi connectivity index (χ2v) is 3.87. The Bertz CT molecular complexity index is 421. The zero-order valence-corrected chi connectivity index (χ0v) is 9.69. The Kier molecular flexibility index (Phi) is 5.14. The van der Waals surface area contributed by atoms with Gasteiger partial charge in [0, 0.05) is 12.8 Å². The molecule has 0 saturated carbocycles. The van der Waals surface area contributed by atoms with Crippen molar-refractivity contribution in [3.05, 3.63) is 48.0 Å². The Balaban J connectivity index is 2.51. The van der Waals surface area contributed by atoms with Gasteiger partial charge < -0.3 is 5.11 Å². The number of aromatic carboxylic acids is 1. The molecule has 0 aromatic heterocycles. The van der Waals surface area contributed by atoms with Crippen molar-refractivity contribution >= 4 is 11.8 Å². The van der Waals surface area contributed by atoms with E-state index in [2.05, 4.69) is 6.58 Å². The van der Waals surface area contributed by atoms with Gasteiger partial charge in [-0.1, -0.05) is 18.2 Å². The van der Waals surface area contributed by atoms with Crippen LogP contribution in [0.4, 0.5) is 0 Å². The normalized spacial score (nSPS) is 9.88. The minimum atomic E-state index is -0.940. The summed E-state index contributed by atoms with van der Waals surface area (Å²) in [6.07, 6.45) is 3.99. The Morgan fingerprint density at radius 3 is 2.71 bits per heavy atom. The van der Waals surface area contributed by atoms with Crippen LogP contribution in [0.2, 0.25) is 0 Å². The molecule has 0 aliphatic rings. The van der Waals surface area contributed by atoms with Crippen LogP contribution in [-0.2, 0) is 11.2 Å². The predicted molar refractivity (Wildman–Crippen MR) is 66.2 cm³/mol. The number of ketones is 1. The van der Waals surface area contributed by atoms with Crippen molar-refractivity contribution in [2.24, 2.45) is 0 Å². The van der Waals surface area contributed by atoms with E-state index in [9.17, 15) is 9.59 Å². The maximum absolute atomic E-state index is 11.4. The lowest BCUT2D eigenvalue weighted by Gasteiger charge is -2.02. The summed E-state index contributed by atoms with van der Waals surface area (Å²) in [6.45, 7) is 3.56. The quantitative estimate of drug-likeness (QED) is 0.735. The van der Waals surface area contributed by atoms with Gasteiger partial charge in [-0.15, -0.1) is 6.58 Å². The number of benzene rings is 1. The van der Waals surface area contributed by atoms with Crippen molar-refractivity contribution in [2.75, 3.05) is 0 Å². The highest BCUT2D eigenvalue weighted by molar-refractivity contribution is 5.87. The fourth-order valence-electron chi connectivity index (χ4n) is 1.53. The number of aryl methyl sites for hydroxylation is 1. The van der Waals surface area contributed by atoms with Crippen LogP contribution in [0, 0.1) is 0 Å². The molecule has 0 aliphatic carbocycles. The molecule has 0 fully saturated rings. The van der Waals surface area contributed by atoms with E-state index in [4.69, 9.17) is 5.11 Å². The molecule has 1 aromatic rings. The van der Waals surface area contributed by atoms with Gasteiger partial charge in [-0.2, -0.15) is 0 Å². The van der Waals surface area contributed by atoms with Crippen LogP contribution < -0.4 is 0 Å². The van der Waals surface area contributed by atoms with Gasteiger partial charge in [0.25, 0.3) is 0 Å². The zero-order chi connectivity index (χ0) is 12.7. The van der Waals surface area contributed by atoms with Gasteiger partial charge >= 0.3 is 5.97 Å². The second-order valence-electron chi connectivity index (χ2n) is 3.87. The van der Waals surface area contributed by atoms with Crippen LogP contribution in [0.5, 0.6) is 0 Å². The Morgan fingerprint density at radius 2 is 2.06 bits per heavy atom. The number of hydrogen-bond acceptors (Lipinski definition) is 2. The van der Waals surface area contributed by atoms with Crippen molar-refractivity contribution in [2.45, 2.75) is 25.7 Å². The standard InChI is InChI=1S/C14H16O3/c1-2-3-7-13(15)9-8-11-5-4-6-12(10-11)14(16)17/h2,4-6,10H,1,3,7-9H2,(H,16,17). The van der Waals surface area contributed by atoms with Crippen molar-refractivity contribution in [3.8, 4) is 0 Å². The molecule has 3 nitrogen and oxygen atoms in total. The third-order valence-corrected chi connectivity index (χ3v) is 2.49. The lowest BCUT2D eigenvalue weighted by Crippen LogP contribution is -2.01. The topological polar surface area (TPSA) is 54.4 Å². The van der Waals surface area contributed by atoms with Crippen LogP contribution >= 0.6 is 0 Å². The molecular formula is C14H16O3. The van der Waals surface area contributed by atoms with E-state index < -0.39 is 5.97 Å². The first-order valence-electron chi connectivity index (χ1n) is 5.58. The molecule has 0 atom stereocenters. The van der Waals surface area contributed by atoms with Gasteiger partial charge in [0.1, 0.15) is 5.78 Å². The Morgan fingerprint density at radius 1 is 1.29 bits per heavy atom. The fourth-order valence-corrected chi connectivity index (χ4v) is 1.53. The summed E-state index contributed by atoms with van der Waals surface area (Å²) in [6, 6.07) is 6.70. The number of carboxylic acid groups (broad SMARTS) is 1. The molecule has 0 radical (unpaired) electrons. The third kappa shape index (κ3) is 4.64. The van der Waals surface area contributed by atoms with Crippen molar-refractivity contribution in [1.82, 2.24) is 0 Å². The summed E-state index contributed by atoms with van der Waals surface area (Å²) in [7, 11) is 0. The van der Waals surface area contributed by atoms with Gasteiger partial charge in [0.05, 0.1) is 5.56 Å². The summed E-state index contributed by atoms with van der Waals surface area (Å²) >= 11 is 0. The zero-order valence-electron chi connectivity index (χ0n) is 9.69. The lowest BCUT2D eigenvalue weighted by molar-refractivity contribution is -0.118. The van der Waals surface area contributed by atoms with Gasteiger partial charge in [0.2, 0.25) is 0 Å². The molecule has 0 bridgehead atoms. The molecule has 1 aromatic carbocycles. The molecule has 0 heterocycles. The van der Waals surface area contributed by atoms with Crippen molar-refractivity contribution in [1.29, 1.82) is 0 Å². The van der Waals surface area contributed by atoms with E-state index in [1.807, 2.05) is 6.07 Å². The van der Waals surface area contributed by atoms with Gasteiger partial charge in [-0.25, -0.2) is 4.79 Å². The van der Waals surface area contributed by atoms with E-state index in [0.29, 0.717) is 25.7 Å². The highest BCUT2D eigenvalue weighted by atomic mass is 16.4. The van der Waals surface area contributed by atoms with E-state index >= 15 is 0 Å². The number of carboxylic acids is 1. The number of hydrogen-bond donors (Lipinski definition) is 1. The molecule has 3 heteroatoms. The Labute approximate surface area is 101 Å². The maximum atomic E-state index is 11.4. The fraction of sp³-hybridized carbons (Fsp3) is 0.286. The summed E-state index contributed by atoms with van der Waals surface area (Å²) in [5.41, 5.74) is 1.15. The Hall–Kier alpha value is -1.90. The number of Topliss-reactive ketones (excluding diaryl/α,β-unsaturated/α-hetero) is 1. The molecule has 0 spiro atoms. The predicted octanol–water partition coefficient (Wildman–Crippen LogP) is 2.85. The van der Waals surface area contributed by atoms with Crippen molar-refractivity contribution in [3.63, 3.8) is 0 Å². The molecule has 17 heavy (non-hydrogen) atoms. The first-order valence-corrected chi connectivity index (χ1v) is 5.58. The summed E-state index contributed by atoms with van der Waals surface area (Å²) in [5.74, 6) is -0.754. The molecule has 0 aliphatic heterocycles. The molecule has 1 N–H and O–H groups in total. The summed E-state index contributed by atoms with van der Waals surface area (Å²) in [4.78, 5) is 22.2. The number of carbonyl (C=O) groups is 2. The highest BCUT2D eigenvalue weighted by Crippen LogP contribution is 2.09. The van der Waals surface area contributed by atoms with E-state index in [1.165, 1.54) is 0 Å². The lowest BCUT2D eigenvalue weighted by atomic mass is 10.0. The minimum absolute atomic E-state index is 0.186. The van der Waals surface area contributed by atoms with Crippen LogP contribution in [0.25, 0.3) is 0 Å².